The van der Waals surface area contributed by atoms with Crippen LogP contribution in [0.15, 0.2) is 0 Å². The summed E-state index contributed by atoms with van der Waals surface area (Å²) in [6.45, 7) is 0. The third-order valence-electron chi connectivity index (χ3n) is 0.246. The maximum atomic E-state index is 4.91. The Labute approximate surface area is 36.4 Å². The third kappa shape index (κ3) is 3.69. The van der Waals surface area contributed by atoms with E-state index in [0.29, 0.717) is 5.11 Å². The van der Waals surface area contributed by atoms with Gasteiger partial charge in [0.2, 0.25) is 0 Å². The van der Waals surface area contributed by atoms with Crippen LogP contribution in [0.4, 0.5) is 0 Å². The van der Waals surface area contributed by atoms with Crippen molar-refractivity contribution >= 4 is 17.3 Å². The van der Waals surface area contributed by atoms with E-state index in [2.05, 4.69) is 17.5 Å². The molecule has 3 N–H and O–H groups in total. The van der Waals surface area contributed by atoms with Crippen molar-refractivity contribution in [2.45, 2.75) is 0 Å². The molecule has 0 bridgehead atoms. The van der Waals surface area contributed by atoms with Crippen LogP contribution in [0.25, 0.3) is 0 Å². The largest absolute Gasteiger partial charge is 0.376 e. The highest BCUT2D eigenvalue weighted by molar-refractivity contribution is 7.80. The van der Waals surface area contributed by atoms with Crippen LogP contribution in [0.1, 0.15) is 0 Å². The Kier molecular flexibility index (Phi) is 1.84. The van der Waals surface area contributed by atoms with E-state index >= 15 is 0 Å². The zero-order valence-corrected chi connectivity index (χ0v) is 3.80. The van der Waals surface area contributed by atoms with E-state index in [1.807, 2.05) is 0 Å². The number of hydrogen-bond donors (Lipinski definition) is 2. The lowest BCUT2D eigenvalue weighted by atomic mass is 11.1. The van der Waals surface area contributed by atoms with E-state index in [4.69, 9.17) is 5.73 Å². The first-order valence-corrected chi connectivity index (χ1v) is 1.65. The van der Waals surface area contributed by atoms with Crippen molar-refractivity contribution in [1.29, 1.82) is 0 Å². The maximum absolute atomic E-state index is 4.91. The lowest BCUT2D eigenvalue weighted by Crippen LogP contribution is -2.24. The van der Waals surface area contributed by atoms with Crippen LogP contribution in [0.2, 0.25) is 0 Å². The zero-order chi connectivity index (χ0) is 4.28. The van der Waals surface area contributed by atoms with Crippen molar-refractivity contribution in [3.05, 3.63) is 0 Å². The van der Waals surface area contributed by atoms with Gasteiger partial charge in [0.05, 0.1) is 0 Å². The summed E-state index contributed by atoms with van der Waals surface area (Å²) in [7, 11) is 1.68. The Bertz CT molecular complexity index is 42.9. The Morgan fingerprint density at radius 2 is 2.20 bits per heavy atom. The van der Waals surface area contributed by atoms with E-state index in [1.165, 1.54) is 0 Å². The van der Waals surface area contributed by atoms with E-state index < -0.39 is 0 Å². The van der Waals surface area contributed by atoms with Crippen molar-refractivity contribution in [1.82, 2.24) is 5.32 Å². The Balaban J connectivity index is 2.85. The predicted molar refractivity (Wildman–Crippen MR) is 25.8 cm³/mol. The molecule has 0 fully saturated rings. The number of nitrogens with two attached hydrogens (primary N) is 1. The quantitative estimate of drug-likeness (QED) is 0.394. The first-order chi connectivity index (χ1) is 2.27. The second-order valence-corrected chi connectivity index (χ2v) is 1.05. The molecule has 0 heterocycles. The molecule has 0 saturated carbocycles. The van der Waals surface area contributed by atoms with Gasteiger partial charge in [-0.2, -0.15) is 0 Å². The van der Waals surface area contributed by atoms with Crippen LogP contribution in [-0.2, 0) is 0 Å². The summed E-state index contributed by atoms with van der Waals surface area (Å²) in [5.41, 5.74) is 4.91. The number of nitrogens with one attached hydrogen (secondary N) is 1. The second kappa shape index (κ2) is 1.96. The number of hydrogen-bond acceptors (Lipinski definition) is 1. The molecule has 0 aromatic rings. The van der Waals surface area contributed by atoms with Gasteiger partial charge in [-0.05, 0) is 12.2 Å². The normalized spacial score (nSPS) is 6.60. The van der Waals surface area contributed by atoms with Gasteiger partial charge < -0.3 is 11.1 Å². The van der Waals surface area contributed by atoms with E-state index in [-0.39, 0.29) is 0 Å². The summed E-state index contributed by atoms with van der Waals surface area (Å²) >= 11 is 4.36. The molecule has 0 rings (SSSR count). The first kappa shape index (κ1) is 4.69. The average Bonchev–Trinajstić information content (AvgIpc) is 1.38. The molecule has 0 aliphatic carbocycles. The minimum Gasteiger partial charge on any atom is -0.376 e. The molecular weight excluding hydrogens is 87.0 g/mol. The SMILES string of the molecule is CNC(N)=[35S]. The van der Waals surface area contributed by atoms with Crippen LogP contribution in [0.5, 0.6) is 0 Å². The number of rotatable bonds is 0. The summed E-state index contributed by atoms with van der Waals surface area (Å²) in [4.78, 5) is 0. The third-order valence-corrected chi connectivity index (χ3v) is 0.451. The summed E-state index contributed by atoms with van der Waals surface area (Å²) in [6.07, 6.45) is 0. The minimum absolute atomic E-state index is 0.338. The van der Waals surface area contributed by atoms with Gasteiger partial charge in [-0.25, -0.2) is 0 Å². The van der Waals surface area contributed by atoms with Gasteiger partial charge in [-0.3, -0.25) is 0 Å². The molecule has 0 radical (unpaired) electrons. The van der Waals surface area contributed by atoms with Crippen LogP contribution in [0.3, 0.4) is 0 Å². The van der Waals surface area contributed by atoms with Crippen molar-refractivity contribution in [3.63, 3.8) is 0 Å². The van der Waals surface area contributed by atoms with Crippen LogP contribution in [0, 0.1) is 0 Å². The molecule has 0 aliphatic heterocycles. The molecule has 0 aliphatic rings. The maximum Gasteiger partial charge on any atom is 0.163 e. The molecule has 3 heteroatoms. The van der Waals surface area contributed by atoms with Gasteiger partial charge in [0.1, 0.15) is 0 Å². The van der Waals surface area contributed by atoms with Crippen molar-refractivity contribution in [2.24, 2.45) is 5.73 Å². The molecular formula is C2H6N2S. The zero-order valence-electron chi connectivity index (χ0n) is 2.99. The molecule has 0 amide bonds. The van der Waals surface area contributed by atoms with Gasteiger partial charge in [-0.15, -0.1) is 0 Å². The summed E-state index contributed by atoms with van der Waals surface area (Å²) in [5, 5.41) is 2.88. The average molecular weight is 93.1 g/mol. The van der Waals surface area contributed by atoms with Gasteiger partial charge in [0.15, 0.2) is 5.11 Å². The summed E-state index contributed by atoms with van der Waals surface area (Å²) in [5.74, 6) is 0. The summed E-state index contributed by atoms with van der Waals surface area (Å²) in [6, 6.07) is 0. The van der Waals surface area contributed by atoms with E-state index in [9.17, 15) is 0 Å². The van der Waals surface area contributed by atoms with Gasteiger partial charge in [-0.1, -0.05) is 0 Å². The van der Waals surface area contributed by atoms with Gasteiger partial charge in [0, 0.05) is 7.05 Å². The highest BCUT2D eigenvalue weighted by atomic mass is 35.0. The van der Waals surface area contributed by atoms with Crippen LogP contribution >= 0.6 is 12.2 Å². The minimum atomic E-state index is 0.338. The topological polar surface area (TPSA) is 38.0 Å². The molecule has 5 heavy (non-hydrogen) atoms. The molecule has 0 spiro atoms. The predicted octanol–water partition coefficient (Wildman–Crippen LogP) is -0.551. The van der Waals surface area contributed by atoms with Gasteiger partial charge >= 0.3 is 0 Å². The Hall–Kier alpha value is -0.310. The molecule has 0 aromatic carbocycles. The van der Waals surface area contributed by atoms with Crippen molar-refractivity contribution < 1.29 is 0 Å². The lowest BCUT2D eigenvalue weighted by molar-refractivity contribution is 1.18. The second-order valence-electron chi connectivity index (χ2n) is 0.614. The summed E-state index contributed by atoms with van der Waals surface area (Å²) < 4.78 is 0. The Morgan fingerprint density at radius 1 is 2.00 bits per heavy atom. The molecule has 0 saturated heterocycles. The fraction of sp³-hybridized carbons (Fsp3) is 0.500. The van der Waals surface area contributed by atoms with Crippen molar-refractivity contribution in [2.75, 3.05) is 7.05 Å². The molecule has 0 aromatic heterocycles. The van der Waals surface area contributed by atoms with E-state index in [1.54, 1.807) is 7.05 Å². The highest BCUT2D eigenvalue weighted by Crippen LogP contribution is 1.43. The fourth-order valence-corrected chi connectivity index (χ4v) is 0. The van der Waals surface area contributed by atoms with Gasteiger partial charge in [0.25, 0.3) is 0 Å². The highest BCUT2D eigenvalue weighted by Gasteiger charge is 1.66. The van der Waals surface area contributed by atoms with Crippen molar-refractivity contribution in [3.8, 4) is 0 Å². The molecule has 0 atom stereocenters. The van der Waals surface area contributed by atoms with Crippen LogP contribution in [-0.4, -0.2) is 12.2 Å². The first-order valence-electron chi connectivity index (χ1n) is 1.24. The standard InChI is InChI=1S/C2H6N2S/c1-4-2(3)5/h1H3,(H3,3,4,5)/i5+3. The smallest absolute Gasteiger partial charge is 0.163 e. The molecule has 2 nitrogen and oxygen atoms in total. The number of thiocarbonyl (C=S) groups is 1. The lowest BCUT2D eigenvalue weighted by Gasteiger charge is -1.85. The molecule has 30 valence electrons. The monoisotopic (exact) mass is 93.0 g/mol. The van der Waals surface area contributed by atoms with Crippen LogP contribution < -0.4 is 11.1 Å². The fourth-order valence-electron chi connectivity index (χ4n) is 0. The molecule has 0 unspecified atom stereocenters. The van der Waals surface area contributed by atoms with E-state index in [0.717, 1.165) is 0 Å². The Morgan fingerprint density at radius 3 is 2.20 bits per heavy atom.